The average Bonchev–Trinajstić information content (AvgIpc) is 2.86. The van der Waals surface area contributed by atoms with Crippen LogP contribution >= 0.6 is 27.7 Å². The number of pyridine rings is 1. The van der Waals surface area contributed by atoms with Crippen LogP contribution in [0.15, 0.2) is 22.8 Å². The van der Waals surface area contributed by atoms with Crippen molar-refractivity contribution in [3.63, 3.8) is 0 Å². The lowest BCUT2D eigenvalue weighted by Gasteiger charge is -2.02. The lowest BCUT2D eigenvalue weighted by Crippen LogP contribution is -2.03. The van der Waals surface area contributed by atoms with E-state index < -0.39 is 0 Å². The molecule has 5 heteroatoms. The smallest absolute Gasteiger partial charge is 0.155 e. The quantitative estimate of drug-likeness (QED) is 0.854. The van der Waals surface area contributed by atoms with E-state index >= 15 is 0 Å². The van der Waals surface area contributed by atoms with Gasteiger partial charge in [-0.05, 0) is 46.7 Å². The molecule has 1 atom stereocenters. The van der Waals surface area contributed by atoms with E-state index in [2.05, 4.69) is 37.8 Å². The van der Waals surface area contributed by atoms with Crippen molar-refractivity contribution in [1.82, 2.24) is 14.6 Å². The van der Waals surface area contributed by atoms with E-state index in [1.165, 1.54) is 18.6 Å². The molecule has 1 aliphatic heterocycles. The van der Waals surface area contributed by atoms with Crippen LogP contribution in [-0.4, -0.2) is 25.6 Å². The Labute approximate surface area is 107 Å². The Morgan fingerprint density at radius 1 is 1.50 bits per heavy atom. The molecule has 0 saturated carbocycles. The summed E-state index contributed by atoms with van der Waals surface area (Å²) in [5, 5.41) is 5.22. The molecule has 3 nitrogen and oxygen atoms in total. The second kappa shape index (κ2) is 4.37. The first kappa shape index (κ1) is 10.6. The maximum absolute atomic E-state index is 4.54. The Hall–Kier alpha value is -0.550. The van der Waals surface area contributed by atoms with E-state index in [0.717, 1.165) is 27.6 Å². The van der Waals surface area contributed by atoms with Crippen molar-refractivity contribution in [2.45, 2.75) is 24.5 Å². The number of hydrogen-bond donors (Lipinski definition) is 0. The van der Waals surface area contributed by atoms with Crippen LogP contribution in [0.25, 0.3) is 5.65 Å². The maximum Gasteiger partial charge on any atom is 0.155 e. The zero-order valence-corrected chi connectivity index (χ0v) is 11.2. The minimum Gasteiger partial charge on any atom is -0.220 e. The first-order valence-corrected chi connectivity index (χ1v) is 7.28. The Morgan fingerprint density at radius 2 is 2.44 bits per heavy atom. The van der Waals surface area contributed by atoms with Gasteiger partial charge in [-0.3, -0.25) is 0 Å². The van der Waals surface area contributed by atoms with Gasteiger partial charge < -0.3 is 0 Å². The molecule has 0 bridgehead atoms. The van der Waals surface area contributed by atoms with Gasteiger partial charge >= 0.3 is 0 Å². The average molecular weight is 298 g/mol. The Morgan fingerprint density at radius 3 is 3.25 bits per heavy atom. The van der Waals surface area contributed by atoms with Gasteiger partial charge in [0.1, 0.15) is 0 Å². The number of thioether (sulfide) groups is 1. The number of hydrogen-bond acceptors (Lipinski definition) is 3. The first-order chi connectivity index (χ1) is 7.81. The fraction of sp³-hybridized carbons (Fsp3) is 0.455. The van der Waals surface area contributed by atoms with Gasteiger partial charge in [-0.1, -0.05) is 0 Å². The Balaban J connectivity index is 1.86. The topological polar surface area (TPSA) is 30.2 Å². The summed E-state index contributed by atoms with van der Waals surface area (Å²) in [6.07, 6.45) is 5.61. The van der Waals surface area contributed by atoms with E-state index in [1.54, 1.807) is 0 Å². The highest BCUT2D eigenvalue weighted by Crippen LogP contribution is 2.28. The molecule has 2 aromatic rings. The molecular formula is C11H12BrN3S. The van der Waals surface area contributed by atoms with Gasteiger partial charge in [0.15, 0.2) is 11.5 Å². The van der Waals surface area contributed by atoms with Gasteiger partial charge in [-0.25, -0.2) is 9.50 Å². The molecule has 3 heterocycles. The lowest BCUT2D eigenvalue weighted by molar-refractivity contribution is 0.741. The molecule has 0 amide bonds. The van der Waals surface area contributed by atoms with Crippen LogP contribution in [0.2, 0.25) is 0 Å². The Bertz CT molecular complexity index is 505. The van der Waals surface area contributed by atoms with Crippen molar-refractivity contribution < 1.29 is 0 Å². The summed E-state index contributed by atoms with van der Waals surface area (Å²) < 4.78 is 2.88. The summed E-state index contributed by atoms with van der Waals surface area (Å²) in [7, 11) is 0. The SMILES string of the molecule is Brc1ccc2nc(CC3CCCS3)nn2c1. The van der Waals surface area contributed by atoms with Crippen LogP contribution in [0.5, 0.6) is 0 Å². The van der Waals surface area contributed by atoms with Gasteiger partial charge in [-0.2, -0.15) is 16.9 Å². The van der Waals surface area contributed by atoms with Crippen LogP contribution < -0.4 is 0 Å². The molecule has 1 unspecified atom stereocenters. The number of fused-ring (bicyclic) bond motifs is 1. The standard InChI is InChI=1S/C11H12BrN3S/c12-8-3-4-11-13-10(14-15(11)7-8)6-9-2-1-5-16-9/h3-4,7,9H,1-2,5-6H2. The second-order valence-corrected chi connectivity index (χ2v) is 6.34. The zero-order valence-electron chi connectivity index (χ0n) is 8.77. The minimum atomic E-state index is 0.723. The van der Waals surface area contributed by atoms with Crippen molar-refractivity contribution in [3.8, 4) is 0 Å². The van der Waals surface area contributed by atoms with Crippen molar-refractivity contribution in [1.29, 1.82) is 0 Å². The molecular weight excluding hydrogens is 286 g/mol. The summed E-state index contributed by atoms with van der Waals surface area (Å²) in [5.74, 6) is 2.27. The van der Waals surface area contributed by atoms with Gasteiger partial charge in [0.2, 0.25) is 0 Å². The van der Waals surface area contributed by atoms with E-state index in [-0.39, 0.29) is 0 Å². The molecule has 1 fully saturated rings. The van der Waals surface area contributed by atoms with Crippen LogP contribution in [-0.2, 0) is 6.42 Å². The predicted molar refractivity (Wildman–Crippen MR) is 69.9 cm³/mol. The van der Waals surface area contributed by atoms with Gasteiger partial charge in [0.05, 0.1) is 0 Å². The molecule has 16 heavy (non-hydrogen) atoms. The van der Waals surface area contributed by atoms with Crippen molar-refractivity contribution in [3.05, 3.63) is 28.6 Å². The van der Waals surface area contributed by atoms with E-state index in [1.807, 2.05) is 22.8 Å². The van der Waals surface area contributed by atoms with E-state index in [4.69, 9.17) is 0 Å². The lowest BCUT2D eigenvalue weighted by atomic mass is 10.2. The highest BCUT2D eigenvalue weighted by molar-refractivity contribution is 9.10. The van der Waals surface area contributed by atoms with Gasteiger partial charge in [0, 0.05) is 22.3 Å². The summed E-state index contributed by atoms with van der Waals surface area (Å²) in [5.41, 5.74) is 0.932. The summed E-state index contributed by atoms with van der Waals surface area (Å²) in [6.45, 7) is 0. The third kappa shape index (κ3) is 2.11. The molecule has 0 N–H and O–H groups in total. The number of aromatic nitrogens is 3. The molecule has 3 rings (SSSR count). The van der Waals surface area contributed by atoms with Crippen molar-refractivity contribution >= 4 is 33.3 Å². The molecule has 0 radical (unpaired) electrons. The highest BCUT2D eigenvalue weighted by Gasteiger charge is 2.18. The van der Waals surface area contributed by atoms with Crippen molar-refractivity contribution in [2.75, 3.05) is 5.75 Å². The molecule has 1 aliphatic rings. The zero-order chi connectivity index (χ0) is 11.0. The molecule has 0 spiro atoms. The fourth-order valence-corrected chi connectivity index (χ4v) is 3.59. The van der Waals surface area contributed by atoms with Crippen LogP contribution in [0.1, 0.15) is 18.7 Å². The van der Waals surface area contributed by atoms with Crippen molar-refractivity contribution in [2.24, 2.45) is 0 Å². The summed E-state index contributed by atoms with van der Waals surface area (Å²) in [6, 6.07) is 3.99. The summed E-state index contributed by atoms with van der Waals surface area (Å²) in [4.78, 5) is 4.54. The van der Waals surface area contributed by atoms with Crippen LogP contribution in [0.4, 0.5) is 0 Å². The highest BCUT2D eigenvalue weighted by atomic mass is 79.9. The monoisotopic (exact) mass is 297 g/mol. The number of rotatable bonds is 2. The van der Waals surface area contributed by atoms with E-state index in [0.29, 0.717) is 0 Å². The summed E-state index contributed by atoms with van der Waals surface area (Å²) >= 11 is 5.49. The fourth-order valence-electron chi connectivity index (χ4n) is 2.00. The van der Waals surface area contributed by atoms with Crippen LogP contribution in [0.3, 0.4) is 0 Å². The first-order valence-electron chi connectivity index (χ1n) is 5.44. The maximum atomic E-state index is 4.54. The number of nitrogens with zero attached hydrogens (tertiary/aromatic N) is 3. The van der Waals surface area contributed by atoms with E-state index in [9.17, 15) is 0 Å². The minimum absolute atomic E-state index is 0.723. The molecule has 0 aliphatic carbocycles. The predicted octanol–water partition coefficient (Wildman–Crippen LogP) is 2.93. The molecule has 0 aromatic carbocycles. The molecule has 1 saturated heterocycles. The normalized spacial score (nSPS) is 20.7. The third-order valence-electron chi connectivity index (χ3n) is 2.77. The Kier molecular flexibility index (Phi) is 2.90. The number of halogens is 1. The molecule has 2 aromatic heterocycles. The second-order valence-electron chi connectivity index (χ2n) is 4.02. The van der Waals surface area contributed by atoms with Gasteiger partial charge in [-0.15, -0.1) is 0 Å². The van der Waals surface area contributed by atoms with Crippen LogP contribution in [0, 0.1) is 0 Å². The third-order valence-corrected chi connectivity index (χ3v) is 4.64. The molecule has 84 valence electrons. The largest absolute Gasteiger partial charge is 0.220 e. The van der Waals surface area contributed by atoms with Gasteiger partial charge in [0.25, 0.3) is 0 Å².